The van der Waals surface area contributed by atoms with Crippen LogP contribution in [0.4, 0.5) is 0 Å². The molecule has 0 aromatic heterocycles. The smallest absolute Gasteiger partial charge is 0.220 e. The second-order valence-electron chi connectivity index (χ2n) is 5.55. The molecular formula is C17H28N2O. The fourth-order valence-corrected chi connectivity index (χ4v) is 2.45. The fourth-order valence-electron chi connectivity index (χ4n) is 2.45. The number of nitrogens with zero attached hydrogens (tertiary/aromatic N) is 1. The summed E-state index contributed by atoms with van der Waals surface area (Å²) in [6.07, 6.45) is 0.597. The van der Waals surface area contributed by atoms with Crippen molar-refractivity contribution in [2.75, 3.05) is 19.6 Å². The van der Waals surface area contributed by atoms with Crippen LogP contribution in [-0.4, -0.2) is 30.4 Å². The molecule has 1 atom stereocenters. The van der Waals surface area contributed by atoms with Gasteiger partial charge in [0.15, 0.2) is 0 Å². The van der Waals surface area contributed by atoms with E-state index in [4.69, 9.17) is 0 Å². The minimum Gasteiger partial charge on any atom is -0.354 e. The molecule has 1 aromatic carbocycles. The van der Waals surface area contributed by atoms with E-state index in [9.17, 15) is 4.79 Å². The van der Waals surface area contributed by atoms with E-state index in [-0.39, 0.29) is 11.9 Å². The quantitative estimate of drug-likeness (QED) is 0.790. The minimum atomic E-state index is 0.146. The van der Waals surface area contributed by atoms with Crippen LogP contribution in [0, 0.1) is 5.92 Å². The molecule has 0 unspecified atom stereocenters. The van der Waals surface area contributed by atoms with E-state index in [2.05, 4.69) is 62.2 Å². The van der Waals surface area contributed by atoms with E-state index in [1.165, 1.54) is 5.56 Å². The summed E-state index contributed by atoms with van der Waals surface area (Å²) < 4.78 is 0. The van der Waals surface area contributed by atoms with Crippen molar-refractivity contribution in [3.8, 4) is 0 Å². The number of nitrogens with one attached hydrogen (secondary N) is 1. The lowest BCUT2D eigenvalue weighted by atomic mass is 10.0. The summed E-state index contributed by atoms with van der Waals surface area (Å²) in [6, 6.07) is 10.7. The Kier molecular flexibility index (Phi) is 7.31. The predicted octanol–water partition coefficient (Wildman–Crippen LogP) is 3.23. The molecule has 0 aliphatic carbocycles. The molecule has 3 nitrogen and oxygen atoms in total. The molecule has 0 saturated carbocycles. The number of hydrogen-bond acceptors (Lipinski definition) is 2. The zero-order chi connectivity index (χ0) is 15.0. The molecule has 1 rings (SSSR count). The van der Waals surface area contributed by atoms with Crippen LogP contribution in [0.1, 0.15) is 45.7 Å². The van der Waals surface area contributed by atoms with Crippen molar-refractivity contribution in [3.63, 3.8) is 0 Å². The molecule has 0 fully saturated rings. The first-order chi connectivity index (χ1) is 9.58. The van der Waals surface area contributed by atoms with E-state index in [1.807, 2.05) is 6.07 Å². The third-order valence-corrected chi connectivity index (χ3v) is 3.52. The molecule has 0 spiro atoms. The zero-order valence-corrected chi connectivity index (χ0v) is 13.2. The lowest BCUT2D eigenvalue weighted by molar-refractivity contribution is -0.122. The van der Waals surface area contributed by atoms with Crippen molar-refractivity contribution in [3.05, 3.63) is 35.9 Å². The van der Waals surface area contributed by atoms with E-state index < -0.39 is 0 Å². The SMILES string of the molecule is CCN(CC)[C@@H](CNC(=O)CC(C)C)c1ccccc1. The highest BCUT2D eigenvalue weighted by Crippen LogP contribution is 2.19. The van der Waals surface area contributed by atoms with Crippen LogP contribution in [0.25, 0.3) is 0 Å². The fraction of sp³-hybridized carbons (Fsp3) is 0.588. The first-order valence-electron chi connectivity index (χ1n) is 7.64. The Morgan fingerprint density at radius 1 is 1.15 bits per heavy atom. The second-order valence-corrected chi connectivity index (χ2v) is 5.55. The van der Waals surface area contributed by atoms with Crippen molar-refractivity contribution >= 4 is 5.91 Å². The third kappa shape index (κ3) is 5.33. The van der Waals surface area contributed by atoms with Crippen molar-refractivity contribution < 1.29 is 4.79 Å². The van der Waals surface area contributed by atoms with Crippen LogP contribution in [-0.2, 0) is 4.79 Å². The first-order valence-corrected chi connectivity index (χ1v) is 7.64. The molecular weight excluding hydrogens is 248 g/mol. The van der Waals surface area contributed by atoms with E-state index in [0.29, 0.717) is 18.9 Å². The predicted molar refractivity (Wildman–Crippen MR) is 84.6 cm³/mol. The molecule has 1 N–H and O–H groups in total. The lowest BCUT2D eigenvalue weighted by Gasteiger charge is -2.30. The molecule has 0 saturated heterocycles. The normalized spacial score (nSPS) is 12.7. The highest BCUT2D eigenvalue weighted by molar-refractivity contribution is 5.76. The van der Waals surface area contributed by atoms with Gasteiger partial charge in [-0.2, -0.15) is 0 Å². The number of rotatable bonds is 8. The van der Waals surface area contributed by atoms with Gasteiger partial charge in [-0.1, -0.05) is 58.0 Å². The number of carbonyl (C=O) groups excluding carboxylic acids is 1. The van der Waals surface area contributed by atoms with Crippen LogP contribution >= 0.6 is 0 Å². The molecule has 0 heterocycles. The monoisotopic (exact) mass is 276 g/mol. The van der Waals surface area contributed by atoms with Crippen LogP contribution < -0.4 is 5.32 Å². The van der Waals surface area contributed by atoms with Gasteiger partial charge >= 0.3 is 0 Å². The highest BCUT2D eigenvalue weighted by atomic mass is 16.1. The van der Waals surface area contributed by atoms with Gasteiger partial charge in [0, 0.05) is 13.0 Å². The molecule has 20 heavy (non-hydrogen) atoms. The average molecular weight is 276 g/mol. The maximum Gasteiger partial charge on any atom is 0.220 e. The van der Waals surface area contributed by atoms with Gasteiger partial charge in [0.25, 0.3) is 0 Å². The maximum atomic E-state index is 11.9. The Balaban J connectivity index is 2.71. The Labute approximate surface area is 123 Å². The topological polar surface area (TPSA) is 32.3 Å². The highest BCUT2D eigenvalue weighted by Gasteiger charge is 2.18. The van der Waals surface area contributed by atoms with Crippen LogP contribution in [0.5, 0.6) is 0 Å². The van der Waals surface area contributed by atoms with Crippen LogP contribution in [0.2, 0.25) is 0 Å². The second kappa shape index (κ2) is 8.75. The first kappa shape index (κ1) is 16.7. The Hall–Kier alpha value is -1.35. The summed E-state index contributed by atoms with van der Waals surface area (Å²) in [4.78, 5) is 14.2. The Bertz CT molecular complexity index is 385. The summed E-state index contributed by atoms with van der Waals surface area (Å²) in [5.74, 6) is 0.548. The van der Waals surface area contributed by atoms with E-state index in [0.717, 1.165) is 13.1 Å². The molecule has 3 heteroatoms. The number of benzene rings is 1. The van der Waals surface area contributed by atoms with Gasteiger partial charge in [0.2, 0.25) is 5.91 Å². The van der Waals surface area contributed by atoms with Gasteiger partial charge in [0.1, 0.15) is 0 Å². The standard InChI is InChI=1S/C17H28N2O/c1-5-19(6-2)16(15-10-8-7-9-11-15)13-18-17(20)12-14(3)4/h7-11,14,16H,5-6,12-13H2,1-4H3,(H,18,20)/t16-/m0/s1. The summed E-state index contributed by atoms with van der Waals surface area (Å²) in [5, 5.41) is 3.08. The maximum absolute atomic E-state index is 11.9. The van der Waals surface area contributed by atoms with Crippen molar-refractivity contribution in [1.29, 1.82) is 0 Å². The number of carbonyl (C=O) groups is 1. The number of likely N-dealkylation sites (N-methyl/N-ethyl adjacent to an activating group) is 1. The molecule has 0 radical (unpaired) electrons. The molecule has 1 amide bonds. The van der Waals surface area contributed by atoms with Gasteiger partial charge in [0.05, 0.1) is 6.04 Å². The number of hydrogen-bond donors (Lipinski definition) is 1. The molecule has 1 aromatic rings. The molecule has 112 valence electrons. The molecule has 0 aliphatic rings. The zero-order valence-electron chi connectivity index (χ0n) is 13.2. The average Bonchev–Trinajstić information content (AvgIpc) is 2.43. The van der Waals surface area contributed by atoms with Gasteiger partial charge in [-0.3, -0.25) is 9.69 Å². The van der Waals surface area contributed by atoms with Gasteiger partial charge < -0.3 is 5.32 Å². The van der Waals surface area contributed by atoms with Gasteiger partial charge in [-0.25, -0.2) is 0 Å². The van der Waals surface area contributed by atoms with Crippen LogP contribution in [0.3, 0.4) is 0 Å². The summed E-state index contributed by atoms with van der Waals surface area (Å²) >= 11 is 0. The van der Waals surface area contributed by atoms with Gasteiger partial charge in [-0.05, 0) is 24.6 Å². The summed E-state index contributed by atoms with van der Waals surface area (Å²) in [6.45, 7) is 11.1. The third-order valence-electron chi connectivity index (χ3n) is 3.52. The molecule has 0 bridgehead atoms. The van der Waals surface area contributed by atoms with Crippen molar-refractivity contribution in [2.24, 2.45) is 5.92 Å². The Morgan fingerprint density at radius 3 is 2.25 bits per heavy atom. The van der Waals surface area contributed by atoms with E-state index >= 15 is 0 Å². The largest absolute Gasteiger partial charge is 0.354 e. The van der Waals surface area contributed by atoms with E-state index in [1.54, 1.807) is 0 Å². The van der Waals surface area contributed by atoms with Crippen LogP contribution in [0.15, 0.2) is 30.3 Å². The Morgan fingerprint density at radius 2 is 1.75 bits per heavy atom. The summed E-state index contributed by atoms with van der Waals surface area (Å²) in [7, 11) is 0. The minimum absolute atomic E-state index is 0.146. The summed E-state index contributed by atoms with van der Waals surface area (Å²) in [5.41, 5.74) is 1.26. The number of amides is 1. The lowest BCUT2D eigenvalue weighted by Crippen LogP contribution is -2.38. The van der Waals surface area contributed by atoms with Crippen molar-refractivity contribution in [1.82, 2.24) is 10.2 Å². The molecule has 0 aliphatic heterocycles. The van der Waals surface area contributed by atoms with Gasteiger partial charge in [-0.15, -0.1) is 0 Å². The van der Waals surface area contributed by atoms with Crippen molar-refractivity contribution in [2.45, 2.75) is 40.2 Å².